The average molecular weight is 457 g/mol. The van der Waals surface area contributed by atoms with E-state index in [4.69, 9.17) is 9.47 Å². The lowest BCUT2D eigenvalue weighted by atomic mass is 10.0. The first-order valence-electron chi connectivity index (χ1n) is 11.1. The van der Waals surface area contributed by atoms with Gasteiger partial charge in [0.2, 0.25) is 0 Å². The van der Waals surface area contributed by atoms with Crippen molar-refractivity contribution in [2.75, 3.05) is 7.11 Å². The van der Waals surface area contributed by atoms with Gasteiger partial charge in [0.05, 0.1) is 7.11 Å². The molecule has 3 N–H and O–H groups in total. The first-order chi connectivity index (χ1) is 16.7. The zero-order valence-corrected chi connectivity index (χ0v) is 19.0. The predicted octanol–water partition coefficient (Wildman–Crippen LogP) is 4.00. The van der Waals surface area contributed by atoms with Gasteiger partial charge in [0.1, 0.15) is 12.6 Å². The van der Waals surface area contributed by atoms with Gasteiger partial charge in [0.15, 0.2) is 11.5 Å². The van der Waals surface area contributed by atoms with Crippen LogP contribution in [-0.2, 0) is 11.4 Å². The highest BCUT2D eigenvalue weighted by Crippen LogP contribution is 2.33. The lowest BCUT2D eigenvalue weighted by molar-refractivity contribution is -0.122. The summed E-state index contributed by atoms with van der Waals surface area (Å²) in [5, 5.41) is 4.00. The molecule has 0 saturated carbocycles. The van der Waals surface area contributed by atoms with Gasteiger partial charge in [-0.25, -0.2) is 16.3 Å². The topological polar surface area (TPSA) is 84.0 Å². The number of allylic oxidation sites excluding steroid dienone is 1. The molecule has 0 aromatic heterocycles. The van der Waals surface area contributed by atoms with E-state index in [0.717, 1.165) is 16.7 Å². The molecule has 1 fully saturated rings. The second-order valence-electron chi connectivity index (χ2n) is 7.84. The number of ether oxygens (including phenoxy) is 2. The number of hydrogen-bond acceptors (Lipinski definition) is 6. The fourth-order valence-electron chi connectivity index (χ4n) is 3.64. The number of nitrogens with zero attached hydrogens (tertiary/aromatic N) is 1. The lowest BCUT2D eigenvalue weighted by Gasteiger charge is -2.15. The third-order valence-corrected chi connectivity index (χ3v) is 5.47. The summed E-state index contributed by atoms with van der Waals surface area (Å²) in [4.78, 5) is 12.5. The monoisotopic (exact) mass is 456 g/mol. The van der Waals surface area contributed by atoms with E-state index in [9.17, 15) is 4.79 Å². The van der Waals surface area contributed by atoms with E-state index >= 15 is 0 Å². The molecule has 1 saturated heterocycles. The zero-order valence-electron chi connectivity index (χ0n) is 19.0. The van der Waals surface area contributed by atoms with Gasteiger partial charge in [-0.15, -0.1) is 0 Å². The number of carbonyl (C=O) groups is 1. The maximum atomic E-state index is 12.5. The van der Waals surface area contributed by atoms with Gasteiger partial charge in [-0.2, -0.15) is 5.10 Å². The van der Waals surface area contributed by atoms with Crippen molar-refractivity contribution in [2.24, 2.45) is 5.10 Å². The summed E-state index contributed by atoms with van der Waals surface area (Å²) in [6, 6.07) is 25.2. The maximum Gasteiger partial charge on any atom is 0.258 e. The number of benzene rings is 3. The van der Waals surface area contributed by atoms with Crippen LogP contribution in [-0.4, -0.2) is 25.3 Å². The van der Waals surface area contributed by atoms with Crippen LogP contribution < -0.4 is 25.8 Å². The van der Waals surface area contributed by atoms with E-state index in [2.05, 4.69) is 21.4 Å². The average Bonchev–Trinajstić information content (AvgIpc) is 3.39. The number of methoxy groups -OCH3 is 1. The minimum atomic E-state index is -0.403. The standard InChI is InChI=1S/C27H28N4O3/c1-33-26-17-22(14-15-25(26)34-19-21-11-6-3-7-12-21)23-18-24(30-29-23)27(32)31-28-16-8-13-20-9-4-2-5-10-20/h2-17,23-24,29-30H,18-19H2,1H3,(H,31,32)/b13-8+,28-16+. The van der Waals surface area contributed by atoms with Crippen LogP contribution in [0.1, 0.15) is 29.2 Å². The Hall–Kier alpha value is -3.94. The Morgan fingerprint density at radius 3 is 2.56 bits per heavy atom. The number of nitrogens with one attached hydrogen (secondary N) is 3. The number of carbonyl (C=O) groups excluding carboxylic acids is 1. The Labute approximate surface area is 199 Å². The molecule has 1 amide bonds. The Kier molecular flexibility index (Phi) is 8.05. The van der Waals surface area contributed by atoms with Crippen molar-refractivity contribution in [3.05, 3.63) is 102 Å². The molecule has 1 aliphatic rings. The maximum absolute atomic E-state index is 12.5. The Morgan fingerprint density at radius 2 is 1.79 bits per heavy atom. The van der Waals surface area contributed by atoms with E-state index in [1.165, 1.54) is 0 Å². The van der Waals surface area contributed by atoms with E-state index in [1.807, 2.05) is 84.9 Å². The molecule has 7 nitrogen and oxygen atoms in total. The molecule has 34 heavy (non-hydrogen) atoms. The SMILES string of the molecule is COc1cc(C2CC(C(=O)N/N=C/C=C/c3ccccc3)NN2)ccc1OCc1ccccc1. The summed E-state index contributed by atoms with van der Waals surface area (Å²) in [6.07, 6.45) is 5.84. The van der Waals surface area contributed by atoms with Crippen molar-refractivity contribution >= 4 is 18.2 Å². The molecule has 1 heterocycles. The highest BCUT2D eigenvalue weighted by molar-refractivity contribution is 5.84. The number of hydrazone groups is 1. The Balaban J connectivity index is 1.29. The Morgan fingerprint density at radius 1 is 1.03 bits per heavy atom. The van der Waals surface area contributed by atoms with Gasteiger partial charge in [0.25, 0.3) is 5.91 Å². The molecule has 7 heteroatoms. The number of amides is 1. The molecule has 3 aromatic carbocycles. The fourth-order valence-corrected chi connectivity index (χ4v) is 3.64. The van der Waals surface area contributed by atoms with Crippen LogP contribution in [0.3, 0.4) is 0 Å². The van der Waals surface area contributed by atoms with Crippen LogP contribution in [0.2, 0.25) is 0 Å². The smallest absolute Gasteiger partial charge is 0.258 e. The summed E-state index contributed by atoms with van der Waals surface area (Å²) in [7, 11) is 1.62. The number of hydrogen-bond donors (Lipinski definition) is 3. The third-order valence-electron chi connectivity index (χ3n) is 5.47. The molecule has 2 unspecified atom stereocenters. The second kappa shape index (κ2) is 11.8. The predicted molar refractivity (Wildman–Crippen MR) is 133 cm³/mol. The van der Waals surface area contributed by atoms with Crippen molar-refractivity contribution in [1.29, 1.82) is 0 Å². The normalized spacial score (nSPS) is 17.8. The van der Waals surface area contributed by atoms with E-state index < -0.39 is 6.04 Å². The zero-order chi connectivity index (χ0) is 23.6. The van der Waals surface area contributed by atoms with Gasteiger partial charge < -0.3 is 9.47 Å². The summed E-state index contributed by atoms with van der Waals surface area (Å²) < 4.78 is 11.5. The quantitative estimate of drug-likeness (QED) is 0.335. The molecule has 3 aromatic rings. The van der Waals surface area contributed by atoms with Crippen LogP contribution >= 0.6 is 0 Å². The summed E-state index contributed by atoms with van der Waals surface area (Å²) in [6.45, 7) is 0.461. The van der Waals surface area contributed by atoms with Crippen LogP contribution in [0.5, 0.6) is 11.5 Å². The first-order valence-corrected chi connectivity index (χ1v) is 11.1. The number of hydrazine groups is 1. The van der Waals surface area contributed by atoms with Gasteiger partial charge in [-0.1, -0.05) is 72.8 Å². The molecular formula is C27H28N4O3. The third kappa shape index (κ3) is 6.31. The summed E-state index contributed by atoms with van der Waals surface area (Å²) >= 11 is 0. The summed E-state index contributed by atoms with van der Waals surface area (Å²) in [5.41, 5.74) is 12.0. The van der Waals surface area contributed by atoms with Gasteiger partial charge in [-0.05, 0) is 41.3 Å². The largest absolute Gasteiger partial charge is 0.493 e. The van der Waals surface area contributed by atoms with Crippen LogP contribution in [0.25, 0.3) is 6.08 Å². The molecule has 4 rings (SSSR count). The minimum Gasteiger partial charge on any atom is -0.493 e. The first kappa shape index (κ1) is 23.2. The van der Waals surface area contributed by atoms with Crippen LogP contribution in [0.4, 0.5) is 0 Å². The van der Waals surface area contributed by atoms with Crippen molar-refractivity contribution < 1.29 is 14.3 Å². The molecule has 2 atom stereocenters. The molecule has 174 valence electrons. The van der Waals surface area contributed by atoms with E-state index in [0.29, 0.717) is 24.5 Å². The molecule has 0 spiro atoms. The fraction of sp³-hybridized carbons (Fsp3) is 0.185. The van der Waals surface area contributed by atoms with E-state index in [1.54, 1.807) is 19.4 Å². The van der Waals surface area contributed by atoms with E-state index in [-0.39, 0.29) is 11.9 Å². The lowest BCUT2D eigenvalue weighted by Crippen LogP contribution is -2.41. The van der Waals surface area contributed by atoms with Crippen molar-refractivity contribution in [3.63, 3.8) is 0 Å². The molecule has 0 aliphatic carbocycles. The number of rotatable bonds is 9. The van der Waals surface area contributed by atoms with Gasteiger partial charge >= 0.3 is 0 Å². The highest BCUT2D eigenvalue weighted by atomic mass is 16.5. The molecule has 0 bridgehead atoms. The summed E-state index contributed by atoms with van der Waals surface area (Å²) in [5.74, 6) is 1.13. The van der Waals surface area contributed by atoms with Gasteiger partial charge in [0, 0.05) is 12.3 Å². The van der Waals surface area contributed by atoms with Crippen molar-refractivity contribution in [3.8, 4) is 11.5 Å². The van der Waals surface area contributed by atoms with Crippen molar-refractivity contribution in [2.45, 2.75) is 25.1 Å². The minimum absolute atomic E-state index is 0.0465. The molecule has 0 radical (unpaired) electrons. The molecular weight excluding hydrogens is 428 g/mol. The molecule has 1 aliphatic heterocycles. The van der Waals surface area contributed by atoms with Crippen molar-refractivity contribution in [1.82, 2.24) is 16.3 Å². The Bertz CT molecular complexity index is 1130. The second-order valence-corrected chi connectivity index (χ2v) is 7.84. The highest BCUT2D eigenvalue weighted by Gasteiger charge is 2.30. The van der Waals surface area contributed by atoms with Crippen LogP contribution in [0, 0.1) is 0 Å². The van der Waals surface area contributed by atoms with Crippen LogP contribution in [0.15, 0.2) is 90.0 Å². The van der Waals surface area contributed by atoms with Gasteiger partial charge in [-0.3, -0.25) is 4.79 Å².